The first-order valence-corrected chi connectivity index (χ1v) is 6.26. The summed E-state index contributed by atoms with van der Waals surface area (Å²) in [6, 6.07) is 10.7. The van der Waals surface area contributed by atoms with Gasteiger partial charge in [0.15, 0.2) is 5.82 Å². The molecule has 5 nitrogen and oxygen atoms in total. The van der Waals surface area contributed by atoms with Gasteiger partial charge in [-0.15, -0.1) is 5.10 Å². The lowest BCUT2D eigenvalue weighted by molar-refractivity contribution is 0.102. The van der Waals surface area contributed by atoms with E-state index in [1.807, 2.05) is 24.3 Å². The third-order valence-corrected chi connectivity index (χ3v) is 3.11. The Morgan fingerprint density at radius 3 is 2.65 bits per heavy atom. The molecule has 3 aromatic rings. The predicted molar refractivity (Wildman–Crippen MR) is 76.7 cm³/mol. The number of hydrogen-bond acceptors (Lipinski definition) is 4. The van der Waals surface area contributed by atoms with Gasteiger partial charge in [0.05, 0.1) is 5.56 Å². The fourth-order valence-corrected chi connectivity index (χ4v) is 2.10. The molecule has 98 valence electrons. The van der Waals surface area contributed by atoms with Crippen molar-refractivity contribution in [2.24, 2.45) is 0 Å². The van der Waals surface area contributed by atoms with Crippen LogP contribution in [0.15, 0.2) is 48.8 Å². The predicted octanol–water partition coefficient (Wildman–Crippen LogP) is 2.93. The summed E-state index contributed by atoms with van der Waals surface area (Å²) >= 11 is 6.03. The van der Waals surface area contributed by atoms with Gasteiger partial charge in [-0.3, -0.25) is 4.79 Å². The van der Waals surface area contributed by atoms with Crippen LogP contribution in [0.1, 0.15) is 10.4 Å². The molecule has 6 heteroatoms. The maximum Gasteiger partial charge on any atom is 0.259 e. The van der Waals surface area contributed by atoms with Gasteiger partial charge in [-0.25, -0.2) is 4.98 Å². The highest BCUT2D eigenvalue weighted by Crippen LogP contribution is 2.24. The van der Waals surface area contributed by atoms with Crippen molar-refractivity contribution < 1.29 is 4.79 Å². The second-order valence-corrected chi connectivity index (χ2v) is 4.43. The van der Waals surface area contributed by atoms with Gasteiger partial charge in [-0.2, -0.15) is 5.10 Å². The number of rotatable bonds is 2. The number of nitrogens with zero attached hydrogens (tertiary/aromatic N) is 3. The Labute approximate surface area is 119 Å². The molecule has 0 spiro atoms. The van der Waals surface area contributed by atoms with E-state index in [9.17, 15) is 4.79 Å². The SMILES string of the molecule is O=C(Nc1cccnn1)c1cnc(Cl)c2ccccc12. The Morgan fingerprint density at radius 1 is 1.10 bits per heavy atom. The van der Waals surface area contributed by atoms with E-state index in [1.54, 1.807) is 12.1 Å². The van der Waals surface area contributed by atoms with Gasteiger partial charge in [-0.1, -0.05) is 35.9 Å². The summed E-state index contributed by atoms with van der Waals surface area (Å²) in [5.74, 6) is 0.0856. The van der Waals surface area contributed by atoms with Crippen LogP contribution in [-0.2, 0) is 0 Å². The normalized spacial score (nSPS) is 10.4. The zero-order valence-electron chi connectivity index (χ0n) is 10.2. The molecule has 0 saturated carbocycles. The highest BCUT2D eigenvalue weighted by atomic mass is 35.5. The number of nitrogens with one attached hydrogen (secondary N) is 1. The number of benzene rings is 1. The molecule has 0 bridgehead atoms. The van der Waals surface area contributed by atoms with Crippen molar-refractivity contribution in [3.05, 3.63) is 59.5 Å². The van der Waals surface area contributed by atoms with Crippen LogP contribution < -0.4 is 5.32 Å². The van der Waals surface area contributed by atoms with Crippen LogP contribution in [0, 0.1) is 0 Å². The molecule has 2 aromatic heterocycles. The minimum atomic E-state index is -0.300. The van der Waals surface area contributed by atoms with E-state index in [-0.39, 0.29) is 5.91 Å². The minimum Gasteiger partial charge on any atom is -0.305 e. The fourth-order valence-electron chi connectivity index (χ4n) is 1.89. The molecule has 20 heavy (non-hydrogen) atoms. The van der Waals surface area contributed by atoms with Gasteiger partial charge in [-0.05, 0) is 17.5 Å². The first-order chi connectivity index (χ1) is 9.75. The highest BCUT2D eigenvalue weighted by Gasteiger charge is 2.13. The summed E-state index contributed by atoms with van der Waals surface area (Å²) in [6.45, 7) is 0. The van der Waals surface area contributed by atoms with Crippen molar-refractivity contribution in [3.8, 4) is 0 Å². The number of aromatic nitrogens is 3. The molecule has 0 aliphatic heterocycles. The molecular weight excluding hydrogens is 276 g/mol. The quantitative estimate of drug-likeness (QED) is 0.735. The van der Waals surface area contributed by atoms with Crippen LogP contribution in [0.4, 0.5) is 5.82 Å². The molecule has 3 rings (SSSR count). The number of halogens is 1. The second-order valence-electron chi connectivity index (χ2n) is 4.07. The van der Waals surface area contributed by atoms with Gasteiger partial charge >= 0.3 is 0 Å². The molecule has 0 unspecified atom stereocenters. The van der Waals surface area contributed by atoms with Crippen LogP contribution in [0.2, 0.25) is 5.15 Å². The maximum atomic E-state index is 12.3. The van der Waals surface area contributed by atoms with Crippen molar-refractivity contribution in [3.63, 3.8) is 0 Å². The molecule has 2 heterocycles. The number of pyridine rings is 1. The average molecular weight is 285 g/mol. The lowest BCUT2D eigenvalue weighted by atomic mass is 10.1. The topological polar surface area (TPSA) is 67.8 Å². The van der Waals surface area contributed by atoms with E-state index < -0.39 is 0 Å². The monoisotopic (exact) mass is 284 g/mol. The van der Waals surface area contributed by atoms with E-state index in [2.05, 4.69) is 20.5 Å². The van der Waals surface area contributed by atoms with Gasteiger partial charge in [0, 0.05) is 17.8 Å². The van der Waals surface area contributed by atoms with Crippen LogP contribution in [-0.4, -0.2) is 21.1 Å². The summed E-state index contributed by atoms with van der Waals surface area (Å²) < 4.78 is 0. The highest BCUT2D eigenvalue weighted by molar-refractivity contribution is 6.35. The standard InChI is InChI=1S/C14H9ClN4O/c15-13-10-5-2-1-4-9(10)11(8-16-13)14(20)18-12-6-3-7-17-19-12/h1-8H,(H,18,19,20). The second kappa shape index (κ2) is 5.22. The van der Waals surface area contributed by atoms with Crippen molar-refractivity contribution in [2.45, 2.75) is 0 Å². The Balaban J connectivity index is 2.02. The molecule has 0 fully saturated rings. The van der Waals surface area contributed by atoms with Gasteiger partial charge in [0.25, 0.3) is 5.91 Å². The number of carbonyl (C=O) groups is 1. The lowest BCUT2D eigenvalue weighted by Crippen LogP contribution is -2.14. The minimum absolute atomic E-state index is 0.300. The zero-order chi connectivity index (χ0) is 13.9. The first kappa shape index (κ1) is 12.5. The van der Waals surface area contributed by atoms with Crippen LogP contribution in [0.5, 0.6) is 0 Å². The number of anilines is 1. The molecule has 1 N–H and O–H groups in total. The summed E-state index contributed by atoms with van der Waals surface area (Å²) in [6.07, 6.45) is 2.99. The molecule has 0 radical (unpaired) electrons. The Bertz CT molecular complexity index is 776. The Hall–Kier alpha value is -2.53. The fraction of sp³-hybridized carbons (Fsp3) is 0. The smallest absolute Gasteiger partial charge is 0.259 e. The third-order valence-electron chi connectivity index (χ3n) is 2.81. The summed E-state index contributed by atoms with van der Waals surface area (Å²) in [7, 11) is 0. The number of carbonyl (C=O) groups excluding carboxylic acids is 1. The zero-order valence-corrected chi connectivity index (χ0v) is 11.0. The third kappa shape index (κ3) is 2.31. The average Bonchev–Trinajstić information content (AvgIpc) is 2.49. The molecule has 0 atom stereocenters. The summed E-state index contributed by atoms with van der Waals surface area (Å²) in [5.41, 5.74) is 0.440. The molecule has 0 saturated heterocycles. The number of hydrogen-bond donors (Lipinski definition) is 1. The summed E-state index contributed by atoms with van der Waals surface area (Å²) in [4.78, 5) is 16.3. The largest absolute Gasteiger partial charge is 0.305 e. The maximum absolute atomic E-state index is 12.3. The molecule has 1 aromatic carbocycles. The first-order valence-electron chi connectivity index (χ1n) is 5.88. The summed E-state index contributed by atoms with van der Waals surface area (Å²) in [5, 5.41) is 12.0. The van der Waals surface area contributed by atoms with E-state index >= 15 is 0 Å². The molecular formula is C14H9ClN4O. The van der Waals surface area contributed by atoms with Crippen LogP contribution >= 0.6 is 11.6 Å². The van der Waals surface area contributed by atoms with Gasteiger partial charge in [0.1, 0.15) is 5.15 Å². The van der Waals surface area contributed by atoms with Gasteiger partial charge in [0.2, 0.25) is 0 Å². The van der Waals surface area contributed by atoms with E-state index in [4.69, 9.17) is 11.6 Å². The Morgan fingerprint density at radius 2 is 1.90 bits per heavy atom. The molecule has 1 amide bonds. The lowest BCUT2D eigenvalue weighted by Gasteiger charge is -2.07. The molecule has 0 aliphatic rings. The van der Waals surface area contributed by atoms with Crippen molar-refractivity contribution >= 4 is 34.1 Å². The number of amides is 1. The van der Waals surface area contributed by atoms with Gasteiger partial charge < -0.3 is 5.32 Å². The number of fused-ring (bicyclic) bond motifs is 1. The van der Waals surface area contributed by atoms with E-state index in [0.29, 0.717) is 16.5 Å². The Kier molecular flexibility index (Phi) is 3.26. The van der Waals surface area contributed by atoms with Crippen molar-refractivity contribution in [2.75, 3.05) is 5.32 Å². The van der Waals surface area contributed by atoms with Crippen LogP contribution in [0.25, 0.3) is 10.8 Å². The van der Waals surface area contributed by atoms with Crippen molar-refractivity contribution in [1.29, 1.82) is 0 Å². The van der Waals surface area contributed by atoms with E-state index in [0.717, 1.165) is 10.8 Å². The molecule has 0 aliphatic carbocycles. The van der Waals surface area contributed by atoms with Crippen LogP contribution in [0.3, 0.4) is 0 Å². The van der Waals surface area contributed by atoms with E-state index in [1.165, 1.54) is 12.4 Å². The van der Waals surface area contributed by atoms with Crippen molar-refractivity contribution in [1.82, 2.24) is 15.2 Å².